The van der Waals surface area contributed by atoms with Crippen molar-refractivity contribution in [3.05, 3.63) is 82.6 Å². The predicted octanol–water partition coefficient (Wildman–Crippen LogP) is 5.39. The number of aryl methyl sites for hydroxylation is 1. The normalized spacial score (nSPS) is 10.9. The minimum Gasteiger partial charge on any atom is -0.478 e. The first-order valence-electron chi connectivity index (χ1n) is 10.1. The number of benzene rings is 1. The summed E-state index contributed by atoms with van der Waals surface area (Å²) in [5, 5.41) is 19.7. The molecule has 0 amide bonds. The number of carboxylic acid groups (broad SMARTS) is 1. The van der Waals surface area contributed by atoms with Crippen LogP contribution in [0.15, 0.2) is 60.5 Å². The van der Waals surface area contributed by atoms with Crippen molar-refractivity contribution >= 4 is 40.5 Å². The second kappa shape index (κ2) is 9.20. The zero-order valence-corrected chi connectivity index (χ0v) is 19.5. The number of hydrogen-bond acceptors (Lipinski definition) is 8. The van der Waals surface area contributed by atoms with Gasteiger partial charge in [0.2, 0.25) is 5.95 Å². The molecule has 5 aromatic rings. The molecule has 1 aromatic carbocycles. The van der Waals surface area contributed by atoms with Crippen molar-refractivity contribution in [3.8, 4) is 27.6 Å². The summed E-state index contributed by atoms with van der Waals surface area (Å²) in [5.74, 6) is -1.05. The van der Waals surface area contributed by atoms with E-state index in [1.54, 1.807) is 17.1 Å². The number of thiazole rings is 1. The molecule has 4 aromatic heterocycles. The van der Waals surface area contributed by atoms with Crippen LogP contribution in [0.3, 0.4) is 0 Å². The number of nitrogens with one attached hydrogen (secondary N) is 1. The van der Waals surface area contributed by atoms with E-state index in [-0.39, 0.29) is 16.5 Å². The van der Waals surface area contributed by atoms with Crippen LogP contribution in [0, 0.1) is 12.7 Å². The number of halogens is 2. The smallest absolute Gasteiger partial charge is 0.337 e. The van der Waals surface area contributed by atoms with Gasteiger partial charge in [-0.1, -0.05) is 11.6 Å². The van der Waals surface area contributed by atoms with E-state index in [9.17, 15) is 14.3 Å². The van der Waals surface area contributed by atoms with Gasteiger partial charge in [0.05, 0.1) is 10.6 Å². The molecule has 4 heterocycles. The number of pyridine rings is 1. The number of carboxylic acids is 1. The Bertz CT molecular complexity index is 1560. The van der Waals surface area contributed by atoms with Crippen molar-refractivity contribution in [1.82, 2.24) is 29.7 Å². The van der Waals surface area contributed by atoms with Crippen molar-refractivity contribution in [2.75, 3.05) is 5.32 Å². The molecule has 0 fully saturated rings. The molecule has 0 radical (unpaired) electrons. The highest BCUT2D eigenvalue weighted by atomic mass is 35.5. The van der Waals surface area contributed by atoms with Gasteiger partial charge in [-0.05, 0) is 37.3 Å². The van der Waals surface area contributed by atoms with Gasteiger partial charge < -0.3 is 10.4 Å². The number of aromatic nitrogens is 6. The van der Waals surface area contributed by atoms with Gasteiger partial charge in [-0.3, -0.25) is 4.98 Å². The summed E-state index contributed by atoms with van der Waals surface area (Å²) < 4.78 is 15.2. The summed E-state index contributed by atoms with van der Waals surface area (Å²) in [6, 6.07) is 7.54. The fraction of sp³-hybridized carbons (Fsp3) is 0.0435. The maximum Gasteiger partial charge on any atom is 0.337 e. The summed E-state index contributed by atoms with van der Waals surface area (Å²) in [6.07, 6.45) is 6.04. The molecular weight excluding hydrogens is 493 g/mol. The zero-order chi connectivity index (χ0) is 24.5. The highest BCUT2D eigenvalue weighted by molar-refractivity contribution is 7.13. The van der Waals surface area contributed by atoms with E-state index in [0.29, 0.717) is 28.3 Å². The molecule has 0 atom stereocenters. The molecule has 0 saturated carbocycles. The Morgan fingerprint density at radius 3 is 2.77 bits per heavy atom. The molecule has 0 aliphatic carbocycles. The SMILES string of the molecule is Cc1cc(-c2nccs2)nn1-c1nc(Nc2ccc(F)c(Cl)c2)ncc1-c1cncc(C(=O)O)c1. The van der Waals surface area contributed by atoms with Crippen LogP contribution in [0.1, 0.15) is 16.1 Å². The molecule has 0 bridgehead atoms. The van der Waals surface area contributed by atoms with Gasteiger partial charge in [-0.25, -0.2) is 23.8 Å². The third kappa shape index (κ3) is 4.59. The van der Waals surface area contributed by atoms with Crippen LogP contribution in [0.4, 0.5) is 16.0 Å². The third-order valence-electron chi connectivity index (χ3n) is 4.98. The summed E-state index contributed by atoms with van der Waals surface area (Å²) >= 11 is 7.35. The first-order valence-corrected chi connectivity index (χ1v) is 11.4. The molecule has 9 nitrogen and oxygen atoms in total. The minimum atomic E-state index is -1.10. The molecule has 35 heavy (non-hydrogen) atoms. The van der Waals surface area contributed by atoms with Crippen molar-refractivity contribution in [2.45, 2.75) is 6.92 Å². The fourth-order valence-corrected chi connectivity index (χ4v) is 4.12. The van der Waals surface area contributed by atoms with Crippen molar-refractivity contribution < 1.29 is 14.3 Å². The van der Waals surface area contributed by atoms with Gasteiger partial charge in [0.1, 0.15) is 16.5 Å². The molecule has 0 unspecified atom stereocenters. The molecule has 2 N–H and O–H groups in total. The lowest BCUT2D eigenvalue weighted by molar-refractivity contribution is 0.0696. The van der Waals surface area contributed by atoms with E-state index in [1.165, 1.54) is 48.0 Å². The Kier molecular flexibility index (Phi) is 5.93. The second-order valence-corrected chi connectivity index (χ2v) is 8.67. The summed E-state index contributed by atoms with van der Waals surface area (Å²) in [5.41, 5.74) is 2.97. The quantitative estimate of drug-likeness (QED) is 0.314. The van der Waals surface area contributed by atoms with Crippen molar-refractivity contribution in [2.24, 2.45) is 0 Å². The molecular formula is C23H15ClFN7O2S. The Morgan fingerprint density at radius 1 is 1.17 bits per heavy atom. The van der Waals surface area contributed by atoms with Crippen LogP contribution in [0.25, 0.3) is 27.6 Å². The number of anilines is 2. The van der Waals surface area contributed by atoms with Crippen LogP contribution >= 0.6 is 22.9 Å². The third-order valence-corrected chi connectivity index (χ3v) is 6.07. The standard InChI is InChI=1S/C23H15ClFN7O2S/c1-12-6-19(21-27-4-5-35-21)31-32(12)20-16(13-7-14(22(33)34)10-26-9-13)11-28-23(30-20)29-15-2-3-18(25)17(24)8-15/h2-11H,1H3,(H,33,34)(H,28,29,30). The van der Waals surface area contributed by atoms with Crippen LogP contribution in [0.2, 0.25) is 5.02 Å². The Balaban J connectivity index is 1.64. The van der Waals surface area contributed by atoms with Gasteiger partial charge in [0.15, 0.2) is 5.82 Å². The van der Waals surface area contributed by atoms with Crippen LogP contribution in [0.5, 0.6) is 0 Å². The Morgan fingerprint density at radius 2 is 2.03 bits per heavy atom. The summed E-state index contributed by atoms with van der Waals surface area (Å²) in [6.45, 7) is 1.87. The molecule has 0 aliphatic rings. The Hall–Kier alpha value is -4.22. The topological polar surface area (TPSA) is 119 Å². The fourth-order valence-electron chi connectivity index (χ4n) is 3.35. The van der Waals surface area contributed by atoms with Gasteiger partial charge >= 0.3 is 5.97 Å². The average Bonchev–Trinajstić information content (AvgIpc) is 3.51. The molecule has 5 rings (SSSR count). The lowest BCUT2D eigenvalue weighted by Gasteiger charge is -2.13. The van der Waals surface area contributed by atoms with E-state index in [2.05, 4.69) is 30.4 Å². The van der Waals surface area contributed by atoms with Crippen molar-refractivity contribution in [3.63, 3.8) is 0 Å². The largest absolute Gasteiger partial charge is 0.478 e. The number of hydrogen-bond donors (Lipinski definition) is 2. The molecule has 0 saturated heterocycles. The lowest BCUT2D eigenvalue weighted by atomic mass is 10.1. The number of nitrogens with zero attached hydrogens (tertiary/aromatic N) is 6. The average molecular weight is 508 g/mol. The Labute approximate surface area is 206 Å². The van der Waals surface area contributed by atoms with Crippen molar-refractivity contribution in [1.29, 1.82) is 0 Å². The summed E-state index contributed by atoms with van der Waals surface area (Å²) in [7, 11) is 0. The van der Waals surface area contributed by atoms with E-state index >= 15 is 0 Å². The van der Waals surface area contributed by atoms with Gasteiger partial charge in [0, 0.05) is 52.7 Å². The maximum absolute atomic E-state index is 13.6. The maximum atomic E-state index is 13.6. The molecule has 12 heteroatoms. The van der Waals surface area contributed by atoms with E-state index < -0.39 is 11.8 Å². The van der Waals surface area contributed by atoms with E-state index in [0.717, 1.165) is 10.7 Å². The first-order chi connectivity index (χ1) is 16.9. The monoisotopic (exact) mass is 507 g/mol. The van der Waals surface area contributed by atoms with E-state index in [4.69, 9.17) is 11.6 Å². The number of aromatic carboxylic acids is 1. The van der Waals surface area contributed by atoms with Gasteiger partial charge in [-0.2, -0.15) is 10.1 Å². The highest BCUT2D eigenvalue weighted by Crippen LogP contribution is 2.30. The predicted molar refractivity (Wildman–Crippen MR) is 130 cm³/mol. The van der Waals surface area contributed by atoms with Gasteiger partial charge in [-0.15, -0.1) is 11.3 Å². The van der Waals surface area contributed by atoms with Crippen LogP contribution in [-0.2, 0) is 0 Å². The van der Waals surface area contributed by atoms with Gasteiger partial charge in [0.25, 0.3) is 0 Å². The highest BCUT2D eigenvalue weighted by Gasteiger charge is 2.18. The first kappa shape index (κ1) is 22.6. The molecule has 174 valence electrons. The molecule has 0 aliphatic heterocycles. The summed E-state index contributed by atoms with van der Waals surface area (Å²) in [4.78, 5) is 28.9. The van der Waals surface area contributed by atoms with Crippen LogP contribution < -0.4 is 5.32 Å². The van der Waals surface area contributed by atoms with Crippen LogP contribution in [-0.4, -0.2) is 40.8 Å². The lowest BCUT2D eigenvalue weighted by Crippen LogP contribution is -2.08. The minimum absolute atomic E-state index is 0.0252. The van der Waals surface area contributed by atoms with E-state index in [1.807, 2.05) is 18.4 Å². The number of rotatable bonds is 6. The second-order valence-electron chi connectivity index (χ2n) is 7.37. The molecule has 0 spiro atoms. The number of carbonyl (C=O) groups is 1. The zero-order valence-electron chi connectivity index (χ0n) is 18.0.